The van der Waals surface area contributed by atoms with Crippen LogP contribution in [0.2, 0.25) is 5.02 Å². The summed E-state index contributed by atoms with van der Waals surface area (Å²) >= 11 is 6.00. The highest BCUT2D eigenvalue weighted by Gasteiger charge is 2.24. The van der Waals surface area contributed by atoms with Crippen molar-refractivity contribution in [2.75, 3.05) is 17.7 Å². The second kappa shape index (κ2) is 7.81. The van der Waals surface area contributed by atoms with Crippen LogP contribution in [0.25, 0.3) is 11.6 Å². The van der Waals surface area contributed by atoms with Crippen LogP contribution in [0, 0.1) is 0 Å². The second-order valence-electron chi connectivity index (χ2n) is 6.51. The summed E-state index contributed by atoms with van der Waals surface area (Å²) in [6, 6.07) is 19.5. The molecule has 6 heteroatoms. The number of hydrogen-bond donors (Lipinski definition) is 2. The van der Waals surface area contributed by atoms with Gasteiger partial charge in [0.25, 0.3) is 11.8 Å². The number of rotatable bonds is 4. The highest BCUT2D eigenvalue weighted by Crippen LogP contribution is 2.35. The van der Waals surface area contributed by atoms with E-state index in [1.807, 2.05) is 24.3 Å². The Morgan fingerprint density at radius 1 is 1.07 bits per heavy atom. The number of methoxy groups -OCH3 is 1. The van der Waals surface area contributed by atoms with E-state index in [4.69, 9.17) is 16.3 Å². The van der Waals surface area contributed by atoms with Gasteiger partial charge in [0.05, 0.1) is 12.8 Å². The Morgan fingerprint density at radius 3 is 2.62 bits per heavy atom. The van der Waals surface area contributed by atoms with Gasteiger partial charge in [-0.15, -0.1) is 0 Å². The Labute approximate surface area is 173 Å². The van der Waals surface area contributed by atoms with E-state index >= 15 is 0 Å². The van der Waals surface area contributed by atoms with Crippen LogP contribution in [0.5, 0.6) is 5.75 Å². The van der Waals surface area contributed by atoms with E-state index in [1.165, 1.54) is 0 Å². The molecular formula is C23H17ClN2O3. The normalized spacial score (nSPS) is 13.7. The highest BCUT2D eigenvalue weighted by molar-refractivity contribution is 6.36. The lowest BCUT2D eigenvalue weighted by Crippen LogP contribution is -2.11. The van der Waals surface area contributed by atoms with Crippen LogP contribution in [0.3, 0.4) is 0 Å². The molecule has 2 N–H and O–H groups in total. The summed E-state index contributed by atoms with van der Waals surface area (Å²) in [6.45, 7) is 0. The summed E-state index contributed by atoms with van der Waals surface area (Å²) in [7, 11) is 1.58. The van der Waals surface area contributed by atoms with Crippen molar-refractivity contribution < 1.29 is 14.3 Å². The molecule has 29 heavy (non-hydrogen) atoms. The van der Waals surface area contributed by atoms with E-state index in [0.717, 1.165) is 11.1 Å². The molecule has 1 aliphatic heterocycles. The van der Waals surface area contributed by atoms with Gasteiger partial charge in [-0.2, -0.15) is 0 Å². The molecule has 5 nitrogen and oxygen atoms in total. The number of benzene rings is 3. The van der Waals surface area contributed by atoms with Crippen LogP contribution in [0.4, 0.5) is 11.4 Å². The molecule has 144 valence electrons. The summed E-state index contributed by atoms with van der Waals surface area (Å²) in [4.78, 5) is 24.8. The number of ether oxygens (including phenoxy) is 1. The Hall–Kier alpha value is -3.57. The molecule has 0 radical (unpaired) electrons. The molecule has 0 saturated carbocycles. The van der Waals surface area contributed by atoms with E-state index in [1.54, 1.807) is 55.7 Å². The molecule has 0 aliphatic carbocycles. The number of fused-ring (bicyclic) bond motifs is 1. The van der Waals surface area contributed by atoms with Crippen LogP contribution in [-0.4, -0.2) is 18.9 Å². The van der Waals surface area contributed by atoms with E-state index in [9.17, 15) is 9.59 Å². The largest absolute Gasteiger partial charge is 0.497 e. The van der Waals surface area contributed by atoms with E-state index in [-0.39, 0.29) is 11.8 Å². The van der Waals surface area contributed by atoms with Gasteiger partial charge in [0, 0.05) is 27.4 Å². The summed E-state index contributed by atoms with van der Waals surface area (Å²) in [5.74, 6) is 0.276. The van der Waals surface area contributed by atoms with Crippen LogP contribution < -0.4 is 15.4 Å². The number of carbonyl (C=O) groups excluding carboxylic acids is 2. The van der Waals surface area contributed by atoms with Gasteiger partial charge in [0.2, 0.25) is 0 Å². The lowest BCUT2D eigenvalue weighted by atomic mass is 10.0. The Kier molecular flexibility index (Phi) is 5.06. The van der Waals surface area contributed by atoms with Crippen molar-refractivity contribution >= 4 is 46.4 Å². The van der Waals surface area contributed by atoms with Crippen molar-refractivity contribution in [2.24, 2.45) is 0 Å². The van der Waals surface area contributed by atoms with Crippen LogP contribution in [-0.2, 0) is 4.79 Å². The molecule has 0 bridgehead atoms. The molecule has 0 fully saturated rings. The smallest absolute Gasteiger partial charge is 0.256 e. The van der Waals surface area contributed by atoms with Gasteiger partial charge in [-0.05, 0) is 60.2 Å². The monoisotopic (exact) mass is 404 g/mol. The molecule has 3 aromatic carbocycles. The summed E-state index contributed by atoms with van der Waals surface area (Å²) in [5, 5.41) is 6.25. The molecular weight excluding hydrogens is 388 g/mol. The number of amides is 2. The molecule has 0 aromatic heterocycles. The average molecular weight is 405 g/mol. The fourth-order valence-corrected chi connectivity index (χ4v) is 3.30. The number of nitrogens with one attached hydrogen (secondary N) is 2. The van der Waals surface area contributed by atoms with Gasteiger partial charge in [-0.25, -0.2) is 0 Å². The number of carbonyl (C=O) groups is 2. The van der Waals surface area contributed by atoms with Crippen LogP contribution in [0.1, 0.15) is 21.5 Å². The maximum Gasteiger partial charge on any atom is 0.256 e. The van der Waals surface area contributed by atoms with Crippen molar-refractivity contribution in [1.82, 2.24) is 0 Å². The van der Waals surface area contributed by atoms with Crippen molar-refractivity contribution in [3.63, 3.8) is 0 Å². The van der Waals surface area contributed by atoms with E-state index in [2.05, 4.69) is 10.6 Å². The first-order chi connectivity index (χ1) is 14.0. The minimum atomic E-state index is -0.226. The summed E-state index contributed by atoms with van der Waals surface area (Å²) in [6.07, 6.45) is 1.79. The minimum absolute atomic E-state index is 0.185. The third kappa shape index (κ3) is 4.00. The average Bonchev–Trinajstić information content (AvgIpc) is 3.02. The molecule has 0 saturated heterocycles. The Bertz CT molecular complexity index is 1140. The zero-order valence-corrected chi connectivity index (χ0v) is 16.3. The van der Waals surface area contributed by atoms with Gasteiger partial charge in [0.15, 0.2) is 0 Å². The standard InChI is InChI=1S/C23H17ClN2O3/c1-29-18-8-5-15(6-9-18)22(27)25-17-4-2-3-14(11-17)12-20-19-10-7-16(24)13-21(19)26-23(20)28/h2-13H,1H3,(H,25,27)(H,26,28)/b20-12-. The van der Waals surface area contributed by atoms with Crippen LogP contribution in [0.15, 0.2) is 66.7 Å². The number of hydrogen-bond acceptors (Lipinski definition) is 3. The lowest BCUT2D eigenvalue weighted by molar-refractivity contribution is -0.110. The molecule has 0 unspecified atom stereocenters. The molecule has 3 aromatic rings. The first-order valence-electron chi connectivity index (χ1n) is 8.92. The van der Waals surface area contributed by atoms with E-state index < -0.39 is 0 Å². The van der Waals surface area contributed by atoms with Crippen molar-refractivity contribution in [2.45, 2.75) is 0 Å². The first kappa shape index (κ1) is 18.8. The predicted octanol–water partition coefficient (Wildman–Crippen LogP) is 5.09. The number of anilines is 2. The number of halogens is 1. The molecule has 1 aliphatic rings. The second-order valence-corrected chi connectivity index (χ2v) is 6.95. The summed E-state index contributed by atoms with van der Waals surface area (Å²) < 4.78 is 5.11. The van der Waals surface area contributed by atoms with Crippen molar-refractivity contribution in [3.8, 4) is 5.75 Å². The topological polar surface area (TPSA) is 67.4 Å². The maximum atomic E-state index is 12.5. The van der Waals surface area contributed by atoms with Gasteiger partial charge >= 0.3 is 0 Å². The zero-order valence-electron chi connectivity index (χ0n) is 15.5. The zero-order chi connectivity index (χ0) is 20.4. The van der Waals surface area contributed by atoms with Crippen molar-refractivity contribution in [3.05, 3.63) is 88.4 Å². The predicted molar refractivity (Wildman–Crippen MR) is 115 cm³/mol. The van der Waals surface area contributed by atoms with Gasteiger partial charge < -0.3 is 15.4 Å². The summed E-state index contributed by atoms with van der Waals surface area (Å²) in [5.41, 5.74) is 4.00. The Balaban J connectivity index is 1.57. The van der Waals surface area contributed by atoms with Gasteiger partial charge in [-0.3, -0.25) is 9.59 Å². The molecule has 0 spiro atoms. The van der Waals surface area contributed by atoms with Gasteiger partial charge in [-0.1, -0.05) is 29.8 Å². The highest BCUT2D eigenvalue weighted by atomic mass is 35.5. The van der Waals surface area contributed by atoms with Crippen molar-refractivity contribution in [1.29, 1.82) is 0 Å². The molecule has 4 rings (SSSR count). The quantitative estimate of drug-likeness (QED) is 0.595. The molecule has 0 atom stereocenters. The van der Waals surface area contributed by atoms with E-state index in [0.29, 0.717) is 33.3 Å². The maximum absolute atomic E-state index is 12.5. The first-order valence-corrected chi connectivity index (χ1v) is 9.30. The SMILES string of the molecule is COc1ccc(C(=O)Nc2cccc(/C=C3\C(=O)Nc4cc(Cl)ccc43)c2)cc1. The molecule has 1 heterocycles. The van der Waals surface area contributed by atoms with Crippen LogP contribution >= 0.6 is 11.6 Å². The fraction of sp³-hybridized carbons (Fsp3) is 0.0435. The minimum Gasteiger partial charge on any atom is -0.497 e. The fourth-order valence-electron chi connectivity index (χ4n) is 3.13. The third-order valence-electron chi connectivity index (χ3n) is 4.57. The third-order valence-corrected chi connectivity index (χ3v) is 4.81. The van der Waals surface area contributed by atoms with Gasteiger partial charge in [0.1, 0.15) is 5.75 Å². The Morgan fingerprint density at radius 2 is 1.86 bits per heavy atom. The molecule has 2 amide bonds. The lowest BCUT2D eigenvalue weighted by Gasteiger charge is -2.07.